The Morgan fingerprint density at radius 1 is 1.16 bits per heavy atom. The average Bonchev–Trinajstić information content (AvgIpc) is 2.94. The van der Waals surface area contributed by atoms with Crippen molar-refractivity contribution in [1.29, 1.82) is 0 Å². The van der Waals surface area contributed by atoms with Crippen LogP contribution in [0, 0.1) is 0 Å². The second-order valence-corrected chi connectivity index (χ2v) is 4.17. The third-order valence-electron chi connectivity index (χ3n) is 2.87. The first-order valence-electron chi connectivity index (χ1n) is 6.05. The van der Waals surface area contributed by atoms with E-state index >= 15 is 0 Å². The fraction of sp³-hybridized carbons (Fsp3) is 0.308. The third-order valence-corrected chi connectivity index (χ3v) is 2.87. The van der Waals surface area contributed by atoms with Gasteiger partial charge in [0.2, 0.25) is 0 Å². The molecule has 19 heavy (non-hydrogen) atoms. The smallest absolute Gasteiger partial charge is 0.279 e. The fourth-order valence-electron chi connectivity index (χ4n) is 2.05. The minimum absolute atomic E-state index is 0.638. The lowest BCUT2D eigenvalue weighted by Gasteiger charge is -2.31. The zero-order chi connectivity index (χ0) is 13.7. The van der Waals surface area contributed by atoms with Crippen LogP contribution in [0.3, 0.4) is 0 Å². The van der Waals surface area contributed by atoms with E-state index in [-0.39, 0.29) is 0 Å². The van der Waals surface area contributed by atoms with Gasteiger partial charge in [0.15, 0.2) is 0 Å². The number of nitrogens with zero attached hydrogens (tertiary/aromatic N) is 2. The number of rotatable bonds is 3. The number of urea groups is 1. The van der Waals surface area contributed by atoms with Crippen molar-refractivity contribution in [2.75, 3.05) is 18.1 Å². The van der Waals surface area contributed by atoms with Crippen molar-refractivity contribution < 1.29 is 14.4 Å². The molecule has 2 rings (SSSR count). The lowest BCUT2D eigenvalue weighted by molar-refractivity contribution is -0.113. The molecule has 0 spiro atoms. The van der Waals surface area contributed by atoms with Gasteiger partial charge in [-0.15, -0.1) is 0 Å². The molecule has 1 radical (unpaired) electrons. The van der Waals surface area contributed by atoms with Crippen LogP contribution in [-0.2, 0) is 9.59 Å². The van der Waals surface area contributed by atoms with Crippen LogP contribution in [-0.4, -0.2) is 36.3 Å². The maximum absolute atomic E-state index is 12.1. The van der Waals surface area contributed by atoms with Crippen LogP contribution in [0.15, 0.2) is 30.3 Å². The van der Waals surface area contributed by atoms with E-state index in [1.807, 2.05) is 16.4 Å². The van der Waals surface area contributed by atoms with E-state index in [0.29, 0.717) is 5.69 Å². The molecule has 1 saturated heterocycles. The zero-order valence-electron chi connectivity index (χ0n) is 10.3. The van der Waals surface area contributed by atoms with E-state index in [9.17, 15) is 14.4 Å². The molecule has 1 aromatic rings. The van der Waals surface area contributed by atoms with E-state index in [4.69, 9.17) is 0 Å². The molecule has 1 aliphatic heterocycles. The minimum Gasteiger partial charge on any atom is -0.279 e. The van der Waals surface area contributed by atoms with E-state index < -0.39 is 11.9 Å². The Hall–Kier alpha value is -2.21. The Labute approximate surface area is 111 Å². The summed E-state index contributed by atoms with van der Waals surface area (Å²) in [6.45, 7) is 1.47. The largest absolute Gasteiger partial charge is 0.343 e. The van der Waals surface area contributed by atoms with Gasteiger partial charge in [-0.3, -0.25) is 14.9 Å². The number of hydrogen-bond acceptors (Lipinski definition) is 4. The van der Waals surface area contributed by atoms with Crippen molar-refractivity contribution in [3.05, 3.63) is 30.3 Å². The molecule has 0 unspecified atom stereocenters. The summed E-state index contributed by atoms with van der Waals surface area (Å²) >= 11 is 0. The number of carbonyl (C=O) groups is 2. The van der Waals surface area contributed by atoms with E-state index in [1.165, 1.54) is 5.01 Å². The minimum atomic E-state index is -1.06. The summed E-state index contributed by atoms with van der Waals surface area (Å²) in [7, 11) is 0. The number of hydrogen-bond donors (Lipinski definition) is 1. The van der Waals surface area contributed by atoms with Crippen molar-refractivity contribution >= 4 is 23.9 Å². The molecular weight excluding hydrogens is 246 g/mol. The predicted molar refractivity (Wildman–Crippen MR) is 69.0 cm³/mol. The van der Waals surface area contributed by atoms with Crippen LogP contribution in [0.2, 0.25) is 0 Å². The molecule has 0 aliphatic carbocycles. The number of imide groups is 1. The van der Waals surface area contributed by atoms with Gasteiger partial charge in [0, 0.05) is 13.1 Å². The summed E-state index contributed by atoms with van der Waals surface area (Å²) in [6.07, 6.45) is 3.11. The van der Waals surface area contributed by atoms with Crippen molar-refractivity contribution in [1.82, 2.24) is 10.3 Å². The molecule has 6 nitrogen and oxygen atoms in total. The zero-order valence-corrected chi connectivity index (χ0v) is 10.3. The first-order valence-corrected chi connectivity index (χ1v) is 6.05. The number of anilines is 1. The van der Waals surface area contributed by atoms with Gasteiger partial charge in [-0.05, 0) is 25.0 Å². The summed E-state index contributed by atoms with van der Waals surface area (Å²) in [5.41, 5.74) is 0.653. The second-order valence-electron chi connectivity index (χ2n) is 4.17. The topological polar surface area (TPSA) is 69.7 Å². The Morgan fingerprint density at radius 2 is 1.79 bits per heavy atom. The lowest BCUT2D eigenvalue weighted by Crippen LogP contribution is -2.51. The van der Waals surface area contributed by atoms with Crippen molar-refractivity contribution in [3.8, 4) is 0 Å². The molecule has 1 N–H and O–H groups in total. The van der Waals surface area contributed by atoms with Crippen molar-refractivity contribution in [2.45, 2.75) is 12.8 Å². The molecule has 0 bridgehead atoms. The van der Waals surface area contributed by atoms with Gasteiger partial charge in [0.1, 0.15) is 0 Å². The van der Waals surface area contributed by atoms with Crippen LogP contribution in [0.1, 0.15) is 12.8 Å². The number of carbonyl (C=O) groups excluding carboxylic acids is 3. The van der Waals surface area contributed by atoms with E-state index in [1.54, 1.807) is 24.3 Å². The monoisotopic (exact) mass is 260 g/mol. The van der Waals surface area contributed by atoms with Crippen molar-refractivity contribution in [3.63, 3.8) is 0 Å². The van der Waals surface area contributed by atoms with Gasteiger partial charge in [-0.25, -0.2) is 14.8 Å². The Balaban J connectivity index is 2.21. The lowest BCUT2D eigenvalue weighted by atomic mass is 10.3. The SMILES string of the molecule is O=[C]C(=O)NC(=O)N(c1ccccc1)N1CCCC1. The van der Waals surface area contributed by atoms with Gasteiger partial charge in [-0.2, -0.15) is 0 Å². The molecular formula is C13H14N3O3. The van der Waals surface area contributed by atoms with Gasteiger partial charge in [-0.1, -0.05) is 18.2 Å². The standard InChI is InChI=1S/C13H14N3O3/c17-10-12(18)14-13(19)16(15-8-4-5-9-15)11-6-2-1-3-7-11/h1-3,6-7H,4-5,8-9H2,(H,14,18,19). The molecule has 99 valence electrons. The van der Waals surface area contributed by atoms with Crippen LogP contribution < -0.4 is 10.3 Å². The Morgan fingerprint density at radius 3 is 2.37 bits per heavy atom. The highest BCUT2D eigenvalue weighted by molar-refractivity contribution is 6.28. The number of nitrogens with one attached hydrogen (secondary N) is 1. The Kier molecular flexibility index (Phi) is 4.25. The van der Waals surface area contributed by atoms with E-state index in [0.717, 1.165) is 32.2 Å². The summed E-state index contributed by atoms with van der Waals surface area (Å²) < 4.78 is 0. The van der Waals surface area contributed by atoms with Gasteiger partial charge in [0.05, 0.1) is 5.69 Å². The first-order chi connectivity index (χ1) is 9.22. The second kappa shape index (κ2) is 6.10. The summed E-state index contributed by atoms with van der Waals surface area (Å²) in [6, 6.07) is 8.36. The quantitative estimate of drug-likeness (QED) is 0.818. The number of benzene rings is 1. The molecule has 1 fully saturated rings. The van der Waals surface area contributed by atoms with Crippen molar-refractivity contribution in [2.24, 2.45) is 0 Å². The highest BCUT2D eigenvalue weighted by Crippen LogP contribution is 2.20. The van der Waals surface area contributed by atoms with E-state index in [2.05, 4.69) is 0 Å². The van der Waals surface area contributed by atoms with Gasteiger partial charge in [0.25, 0.3) is 6.29 Å². The first kappa shape index (κ1) is 13.2. The summed E-state index contributed by atoms with van der Waals surface area (Å²) in [5.74, 6) is -1.06. The van der Waals surface area contributed by atoms with Crippen LogP contribution in [0.4, 0.5) is 10.5 Å². The summed E-state index contributed by atoms with van der Waals surface area (Å²) in [5, 5.41) is 5.23. The maximum Gasteiger partial charge on any atom is 0.343 e. The molecule has 1 aromatic carbocycles. The molecule has 0 atom stereocenters. The highest BCUT2D eigenvalue weighted by Gasteiger charge is 2.26. The average molecular weight is 260 g/mol. The van der Waals surface area contributed by atoms with Crippen LogP contribution in [0.5, 0.6) is 0 Å². The molecule has 1 heterocycles. The third kappa shape index (κ3) is 3.17. The fourth-order valence-corrected chi connectivity index (χ4v) is 2.05. The van der Waals surface area contributed by atoms with Crippen LogP contribution in [0.25, 0.3) is 0 Å². The van der Waals surface area contributed by atoms with Gasteiger partial charge >= 0.3 is 11.9 Å². The summed E-state index contributed by atoms with van der Waals surface area (Å²) in [4.78, 5) is 33.2. The Bertz CT molecular complexity index is 469. The number of hydrazine groups is 1. The normalized spacial score (nSPS) is 14.9. The maximum atomic E-state index is 12.1. The number of amides is 3. The molecule has 3 amide bonds. The molecule has 6 heteroatoms. The molecule has 0 saturated carbocycles. The molecule has 1 aliphatic rings. The van der Waals surface area contributed by atoms with Gasteiger partial charge < -0.3 is 0 Å². The molecule has 0 aromatic heterocycles. The van der Waals surface area contributed by atoms with Crippen LogP contribution >= 0.6 is 0 Å². The number of para-hydroxylation sites is 1. The predicted octanol–water partition coefficient (Wildman–Crippen LogP) is 0.850. The highest BCUT2D eigenvalue weighted by atomic mass is 16.2.